The minimum absolute atomic E-state index is 0.0233. The van der Waals surface area contributed by atoms with Crippen molar-refractivity contribution in [3.63, 3.8) is 0 Å². The van der Waals surface area contributed by atoms with Crippen molar-refractivity contribution in [1.82, 2.24) is 14.7 Å². The van der Waals surface area contributed by atoms with Crippen LogP contribution in [0.2, 0.25) is 10.0 Å². The Morgan fingerprint density at radius 1 is 1.10 bits per heavy atom. The molecular formula is C29H34Cl2F3N3O5. The molecule has 0 radical (unpaired) electrons. The van der Waals surface area contributed by atoms with Gasteiger partial charge in [0.05, 0.1) is 57.1 Å². The molecule has 1 aliphatic carbocycles. The summed E-state index contributed by atoms with van der Waals surface area (Å²) < 4.78 is 50.4. The Bertz CT molecular complexity index is 1360. The highest BCUT2D eigenvalue weighted by atomic mass is 35.5. The Balaban J connectivity index is 1.68. The third-order valence-corrected chi connectivity index (χ3v) is 8.88. The number of carbonyl (C=O) groups is 3. The zero-order valence-corrected chi connectivity index (χ0v) is 25.4. The number of halogens is 5. The van der Waals surface area contributed by atoms with Crippen LogP contribution in [-0.2, 0) is 15.7 Å². The van der Waals surface area contributed by atoms with Crippen LogP contribution in [0, 0.1) is 12.3 Å². The van der Waals surface area contributed by atoms with Gasteiger partial charge in [0.2, 0.25) is 0 Å². The number of benzene rings is 1. The number of aryl methyl sites for hydroxylation is 1. The number of rotatable bonds is 8. The average Bonchev–Trinajstić information content (AvgIpc) is 3.46. The van der Waals surface area contributed by atoms with E-state index in [0.29, 0.717) is 18.4 Å². The number of amides is 1. The third-order valence-electron chi connectivity index (χ3n) is 8.28. The molecule has 13 heteroatoms. The Kier molecular flexibility index (Phi) is 9.08. The fourth-order valence-corrected chi connectivity index (χ4v) is 6.64. The number of aliphatic carboxylic acids is 1. The minimum Gasteiger partial charge on any atom is -0.481 e. The summed E-state index contributed by atoms with van der Waals surface area (Å²) in [6.07, 6.45) is -2.71. The zero-order chi connectivity index (χ0) is 31.2. The zero-order valence-electron chi connectivity index (χ0n) is 23.9. The van der Waals surface area contributed by atoms with Gasteiger partial charge in [-0.1, -0.05) is 23.2 Å². The number of carboxylic acid groups (broad SMARTS) is 1. The fourth-order valence-electron chi connectivity index (χ4n) is 5.84. The second-order valence-corrected chi connectivity index (χ2v) is 13.0. The van der Waals surface area contributed by atoms with E-state index in [9.17, 15) is 32.7 Å². The lowest BCUT2D eigenvalue weighted by atomic mass is 9.74. The maximum atomic E-state index is 14.5. The van der Waals surface area contributed by atoms with Crippen molar-refractivity contribution >= 4 is 40.9 Å². The number of carbonyl (C=O) groups excluding carboxylic acids is 2. The lowest BCUT2D eigenvalue weighted by Gasteiger charge is -2.34. The summed E-state index contributed by atoms with van der Waals surface area (Å²) in [5.74, 6) is -2.66. The van der Waals surface area contributed by atoms with Crippen LogP contribution in [0.5, 0.6) is 0 Å². The van der Waals surface area contributed by atoms with E-state index in [2.05, 4.69) is 5.10 Å². The number of hydrogen-bond acceptors (Lipinski definition) is 5. The number of alkyl halides is 3. The number of hydrogen-bond donors (Lipinski definition) is 1. The maximum Gasteiger partial charge on any atom is 0.433 e. The number of ketones is 1. The van der Waals surface area contributed by atoms with Crippen molar-refractivity contribution in [3.05, 3.63) is 50.8 Å². The van der Waals surface area contributed by atoms with Crippen LogP contribution in [-0.4, -0.2) is 62.2 Å². The summed E-state index contributed by atoms with van der Waals surface area (Å²) in [5.41, 5.74) is -2.76. The first kappa shape index (κ1) is 32.3. The molecule has 1 atom stereocenters. The maximum absolute atomic E-state index is 14.5. The highest BCUT2D eigenvalue weighted by Crippen LogP contribution is 2.43. The molecule has 0 bridgehead atoms. The van der Waals surface area contributed by atoms with Crippen molar-refractivity contribution in [1.29, 1.82) is 0 Å². The van der Waals surface area contributed by atoms with Crippen LogP contribution < -0.4 is 0 Å². The summed E-state index contributed by atoms with van der Waals surface area (Å²) >= 11 is 12.6. The molecule has 230 valence electrons. The van der Waals surface area contributed by atoms with E-state index in [1.807, 2.05) is 13.8 Å². The van der Waals surface area contributed by atoms with E-state index in [4.69, 9.17) is 27.9 Å². The molecule has 1 saturated carbocycles. The monoisotopic (exact) mass is 631 g/mol. The molecule has 0 unspecified atom stereocenters. The second kappa shape index (κ2) is 11.8. The molecule has 2 heterocycles. The van der Waals surface area contributed by atoms with E-state index in [-0.39, 0.29) is 47.8 Å². The number of aromatic nitrogens is 2. The molecule has 0 spiro atoms. The lowest BCUT2D eigenvalue weighted by molar-refractivity contribution is -0.152. The Morgan fingerprint density at radius 2 is 1.69 bits per heavy atom. The Labute approximate surface area is 252 Å². The first-order valence-corrected chi connectivity index (χ1v) is 14.5. The van der Waals surface area contributed by atoms with Crippen LogP contribution in [0.3, 0.4) is 0 Å². The molecule has 1 aromatic carbocycles. The number of carboxylic acids is 1. The van der Waals surface area contributed by atoms with E-state index in [1.165, 1.54) is 0 Å². The summed E-state index contributed by atoms with van der Waals surface area (Å²) in [7, 11) is 0. The standard InChI is InChI=1S/C29H34Cl2F3N3O5/c1-16-11-20(30)23(21(31)12-16)22(38)15-36(14-18-7-8-27(2,3)42-18)25(39)19-13-35-37(24(19)29(32,33)34)17-5-9-28(4,10-6-17)26(40)41/h11-13,17-18H,5-10,14-15H2,1-4H3,(H,40,41)/t17-,18-,28-/m0/s1. The van der Waals surface area contributed by atoms with Gasteiger partial charge in [-0.05, 0) is 83.9 Å². The molecule has 1 aromatic heterocycles. The van der Waals surface area contributed by atoms with Gasteiger partial charge in [0.25, 0.3) is 5.91 Å². The van der Waals surface area contributed by atoms with Crippen LogP contribution >= 0.6 is 23.2 Å². The molecule has 1 saturated heterocycles. The second-order valence-electron chi connectivity index (χ2n) is 12.2. The SMILES string of the molecule is Cc1cc(Cl)c(C(=O)CN(C[C@@H]2CCC(C)(C)O2)C(=O)c2cnn([C@H]3CC[C@](C)(C(=O)O)CC3)c2C(F)(F)F)c(Cl)c1. The molecule has 4 rings (SSSR count). The first-order valence-electron chi connectivity index (χ1n) is 13.8. The van der Waals surface area contributed by atoms with Gasteiger partial charge < -0.3 is 14.7 Å². The fraction of sp³-hybridized carbons (Fsp3) is 0.586. The molecule has 2 aromatic rings. The third kappa shape index (κ3) is 6.78. The van der Waals surface area contributed by atoms with Gasteiger partial charge in [-0.15, -0.1) is 0 Å². The minimum atomic E-state index is -4.94. The van der Waals surface area contributed by atoms with Gasteiger partial charge in [-0.25, -0.2) is 0 Å². The molecule has 2 aliphatic rings. The molecule has 1 amide bonds. The molecule has 1 aliphatic heterocycles. The first-order chi connectivity index (χ1) is 19.4. The van der Waals surface area contributed by atoms with Gasteiger partial charge in [0.15, 0.2) is 11.5 Å². The normalized spacial score (nSPS) is 24.0. The van der Waals surface area contributed by atoms with Gasteiger partial charge in [-0.3, -0.25) is 19.1 Å². The summed E-state index contributed by atoms with van der Waals surface area (Å²) in [5, 5.41) is 13.6. The predicted octanol–water partition coefficient (Wildman–Crippen LogP) is 7.01. The topological polar surface area (TPSA) is 102 Å². The number of ether oxygens (including phenoxy) is 1. The lowest BCUT2D eigenvalue weighted by Crippen LogP contribution is -2.42. The van der Waals surface area contributed by atoms with E-state index in [1.54, 1.807) is 26.0 Å². The highest BCUT2D eigenvalue weighted by Gasteiger charge is 2.45. The summed E-state index contributed by atoms with van der Waals surface area (Å²) in [6, 6.07) is 2.34. The van der Waals surface area contributed by atoms with Gasteiger partial charge >= 0.3 is 12.1 Å². The van der Waals surface area contributed by atoms with Crippen LogP contribution in [0.25, 0.3) is 0 Å². The largest absolute Gasteiger partial charge is 0.481 e. The summed E-state index contributed by atoms with van der Waals surface area (Å²) in [4.78, 5) is 39.9. The van der Waals surface area contributed by atoms with Gasteiger partial charge in [0.1, 0.15) is 0 Å². The average molecular weight is 633 g/mol. The molecule has 2 fully saturated rings. The van der Waals surface area contributed by atoms with Crippen molar-refractivity contribution in [2.45, 2.75) is 90.1 Å². The van der Waals surface area contributed by atoms with Crippen LogP contribution in [0.15, 0.2) is 18.3 Å². The van der Waals surface area contributed by atoms with E-state index in [0.717, 1.165) is 15.8 Å². The molecule has 1 N–H and O–H groups in total. The number of Topliss-reactive ketones (excluding diaryl/α,β-unsaturated/α-hetero) is 1. The van der Waals surface area contributed by atoms with Gasteiger partial charge in [-0.2, -0.15) is 18.3 Å². The van der Waals surface area contributed by atoms with Crippen molar-refractivity contribution in [2.24, 2.45) is 5.41 Å². The van der Waals surface area contributed by atoms with Gasteiger partial charge in [0, 0.05) is 6.54 Å². The van der Waals surface area contributed by atoms with Crippen LogP contribution in [0.1, 0.15) is 97.3 Å². The Morgan fingerprint density at radius 3 is 2.19 bits per heavy atom. The molecule has 42 heavy (non-hydrogen) atoms. The number of nitrogens with zero attached hydrogens (tertiary/aromatic N) is 3. The smallest absolute Gasteiger partial charge is 0.433 e. The summed E-state index contributed by atoms with van der Waals surface area (Å²) in [6.45, 7) is 6.36. The predicted molar refractivity (Wildman–Crippen MR) is 150 cm³/mol. The van der Waals surface area contributed by atoms with E-state index >= 15 is 0 Å². The van der Waals surface area contributed by atoms with Crippen molar-refractivity contribution in [3.8, 4) is 0 Å². The Hall–Kier alpha value is -2.63. The van der Waals surface area contributed by atoms with E-state index < -0.39 is 64.8 Å². The highest BCUT2D eigenvalue weighted by molar-refractivity contribution is 6.40. The quantitative estimate of drug-likeness (QED) is 0.315. The van der Waals surface area contributed by atoms with Crippen LogP contribution in [0.4, 0.5) is 13.2 Å². The van der Waals surface area contributed by atoms with Crippen molar-refractivity contribution in [2.75, 3.05) is 13.1 Å². The molecule has 8 nitrogen and oxygen atoms in total. The molecular weight excluding hydrogens is 598 g/mol. The van der Waals surface area contributed by atoms with Crippen molar-refractivity contribution < 1.29 is 37.4 Å².